The number of benzene rings is 3. The number of nitrogens with zero attached hydrogens (tertiary/aromatic N) is 5. The molecule has 0 saturated carbocycles. The van der Waals surface area contributed by atoms with Crippen molar-refractivity contribution in [2.45, 2.75) is 19.5 Å². The van der Waals surface area contributed by atoms with E-state index in [1.54, 1.807) is 11.3 Å². The fourth-order valence-electron chi connectivity index (χ4n) is 5.24. The first-order valence-electron chi connectivity index (χ1n) is 13.8. The van der Waals surface area contributed by atoms with Gasteiger partial charge in [0.25, 0.3) is 5.91 Å². The van der Waals surface area contributed by atoms with Gasteiger partial charge in [-0.25, -0.2) is 4.98 Å². The quantitative estimate of drug-likeness (QED) is 0.201. The summed E-state index contributed by atoms with van der Waals surface area (Å²) in [6.07, 6.45) is 4.72. The largest absolute Gasteiger partial charge is 0.365 e. The van der Waals surface area contributed by atoms with E-state index >= 15 is 0 Å². The zero-order valence-electron chi connectivity index (χ0n) is 22.8. The van der Waals surface area contributed by atoms with Gasteiger partial charge in [-0.15, -0.1) is 11.3 Å². The highest BCUT2D eigenvalue weighted by Gasteiger charge is 2.22. The Morgan fingerprint density at radius 2 is 1.78 bits per heavy atom. The van der Waals surface area contributed by atoms with Crippen LogP contribution >= 0.6 is 23.1 Å². The highest BCUT2D eigenvalue weighted by molar-refractivity contribution is 7.99. The smallest absolute Gasteiger partial charge is 0.264 e. The van der Waals surface area contributed by atoms with E-state index in [2.05, 4.69) is 75.1 Å². The fraction of sp³-hybridized carbons (Fsp3) is 0.242. The maximum absolute atomic E-state index is 13.4. The lowest BCUT2D eigenvalue weighted by Gasteiger charge is -2.26. The summed E-state index contributed by atoms with van der Waals surface area (Å²) < 4.78 is 3.31. The van der Waals surface area contributed by atoms with Gasteiger partial charge in [-0.05, 0) is 47.9 Å². The summed E-state index contributed by atoms with van der Waals surface area (Å²) in [6.45, 7) is 3.83. The van der Waals surface area contributed by atoms with Gasteiger partial charge in [0.1, 0.15) is 0 Å². The normalized spacial score (nSPS) is 13.3. The first-order chi connectivity index (χ1) is 20.2. The van der Waals surface area contributed by atoms with Gasteiger partial charge in [0.2, 0.25) is 0 Å². The first-order valence-corrected chi connectivity index (χ1v) is 15.8. The Morgan fingerprint density at radius 3 is 2.56 bits per heavy atom. The van der Waals surface area contributed by atoms with Crippen LogP contribution < -0.4 is 4.90 Å². The maximum atomic E-state index is 13.4. The monoisotopic (exact) mass is 577 g/mol. The number of hydrogen-bond acceptors (Lipinski definition) is 6. The minimum absolute atomic E-state index is 0.147. The van der Waals surface area contributed by atoms with E-state index in [-0.39, 0.29) is 5.91 Å². The van der Waals surface area contributed by atoms with Crippen molar-refractivity contribution in [3.63, 3.8) is 0 Å². The third-order valence-corrected chi connectivity index (χ3v) is 9.52. The van der Waals surface area contributed by atoms with Gasteiger partial charge < -0.3 is 14.4 Å². The van der Waals surface area contributed by atoms with E-state index < -0.39 is 0 Å². The lowest BCUT2D eigenvalue weighted by molar-refractivity contribution is 0.0777. The van der Waals surface area contributed by atoms with Gasteiger partial charge in [-0.3, -0.25) is 4.79 Å². The van der Waals surface area contributed by atoms with Crippen LogP contribution in [0.1, 0.15) is 32.1 Å². The number of rotatable bonds is 9. The number of thioether (sulfide) groups is 1. The summed E-state index contributed by atoms with van der Waals surface area (Å²) in [4.78, 5) is 23.1. The Kier molecular flexibility index (Phi) is 8.36. The lowest BCUT2D eigenvalue weighted by Crippen LogP contribution is -2.37. The molecule has 3 heterocycles. The second-order valence-corrected chi connectivity index (χ2v) is 12.5. The van der Waals surface area contributed by atoms with Crippen molar-refractivity contribution >= 4 is 44.8 Å². The van der Waals surface area contributed by atoms with Crippen LogP contribution in [0.5, 0.6) is 0 Å². The molecule has 41 heavy (non-hydrogen) atoms. The molecule has 0 unspecified atom stereocenters. The molecular weight excluding hydrogens is 547 g/mol. The highest BCUT2D eigenvalue weighted by atomic mass is 32.2. The lowest BCUT2D eigenvalue weighted by atomic mass is 10.1. The third kappa shape index (κ3) is 6.32. The van der Waals surface area contributed by atoms with Crippen LogP contribution in [-0.2, 0) is 19.5 Å². The maximum Gasteiger partial charge on any atom is 0.264 e. The van der Waals surface area contributed by atoms with Gasteiger partial charge in [-0.2, -0.15) is 17.0 Å². The molecule has 0 spiro atoms. The van der Waals surface area contributed by atoms with Crippen LogP contribution in [0, 0.1) is 11.3 Å². The Balaban J connectivity index is 1.30. The molecule has 1 saturated heterocycles. The van der Waals surface area contributed by atoms with Crippen molar-refractivity contribution in [3.8, 4) is 6.07 Å². The second-order valence-electron chi connectivity index (χ2n) is 10.2. The summed E-state index contributed by atoms with van der Waals surface area (Å²) in [7, 11) is 0. The van der Waals surface area contributed by atoms with Gasteiger partial charge in [0, 0.05) is 59.7 Å². The molecule has 6 rings (SSSR count). The van der Waals surface area contributed by atoms with Crippen LogP contribution in [0.4, 0.5) is 5.69 Å². The average molecular weight is 578 g/mol. The molecule has 0 radical (unpaired) electrons. The van der Waals surface area contributed by atoms with Crippen LogP contribution in [0.2, 0.25) is 0 Å². The zero-order valence-corrected chi connectivity index (χ0v) is 24.4. The molecule has 206 valence electrons. The standard InChI is InChI=1S/C33H31N5OS2/c34-20-26-9-11-27(12-10-26)22-38-24-35-21-28(38)23-37(14-13-25-5-2-1-3-6-25)30-7-4-8-31-29(30)19-32(41-31)33(39)36-15-17-40-18-16-36/h1-12,19,21,24H,13-18,22-23H2. The zero-order chi connectivity index (χ0) is 28.0. The molecule has 2 aromatic heterocycles. The van der Waals surface area contributed by atoms with E-state index in [0.717, 1.165) is 69.5 Å². The Hall–Kier alpha value is -4.06. The summed E-state index contributed by atoms with van der Waals surface area (Å²) in [5.41, 5.74) is 5.32. The summed E-state index contributed by atoms with van der Waals surface area (Å²) in [5, 5.41) is 10.3. The number of hydrogen-bond donors (Lipinski definition) is 0. The van der Waals surface area contributed by atoms with Gasteiger partial charge in [0.15, 0.2) is 0 Å². The van der Waals surface area contributed by atoms with Crippen LogP contribution in [-0.4, -0.2) is 51.5 Å². The number of anilines is 1. The molecule has 1 amide bonds. The molecule has 3 aromatic carbocycles. The number of thiophene rings is 1. The van der Waals surface area contributed by atoms with Gasteiger partial charge in [-0.1, -0.05) is 48.5 Å². The predicted molar refractivity (Wildman–Crippen MR) is 169 cm³/mol. The molecule has 0 aliphatic carbocycles. The Bertz CT molecular complexity index is 1660. The SMILES string of the molecule is N#Cc1ccc(Cn2cncc2CN(CCc2ccccc2)c2cccc3sc(C(=O)N4CCSCC4)cc23)cc1. The van der Waals surface area contributed by atoms with Crippen molar-refractivity contribution < 1.29 is 4.79 Å². The second kappa shape index (κ2) is 12.6. The molecule has 5 aromatic rings. The number of fused-ring (bicyclic) bond motifs is 1. The summed E-state index contributed by atoms with van der Waals surface area (Å²) in [5.74, 6) is 2.16. The highest BCUT2D eigenvalue weighted by Crippen LogP contribution is 2.35. The van der Waals surface area contributed by atoms with E-state index in [4.69, 9.17) is 5.26 Å². The number of amides is 1. The predicted octanol–water partition coefficient (Wildman–Crippen LogP) is 6.46. The van der Waals surface area contributed by atoms with Crippen LogP contribution in [0.25, 0.3) is 10.1 Å². The van der Waals surface area contributed by atoms with Gasteiger partial charge >= 0.3 is 0 Å². The molecule has 1 aliphatic heterocycles. The molecule has 6 nitrogen and oxygen atoms in total. The Labute approximate surface area is 248 Å². The summed E-state index contributed by atoms with van der Waals surface area (Å²) in [6, 6.07) is 29.0. The molecule has 0 N–H and O–H groups in total. The Morgan fingerprint density at radius 1 is 0.976 bits per heavy atom. The van der Waals surface area contributed by atoms with Crippen molar-refractivity contribution in [1.82, 2.24) is 14.5 Å². The fourth-order valence-corrected chi connectivity index (χ4v) is 7.19. The molecular formula is C33H31N5OS2. The minimum atomic E-state index is 0.147. The van der Waals surface area contributed by atoms with Crippen molar-refractivity contribution in [2.24, 2.45) is 0 Å². The molecule has 8 heteroatoms. The molecule has 0 bridgehead atoms. The number of imidazole rings is 1. The molecule has 1 fully saturated rings. The van der Waals surface area contributed by atoms with Crippen LogP contribution in [0.15, 0.2) is 91.4 Å². The number of nitriles is 1. The first kappa shape index (κ1) is 27.1. The third-order valence-electron chi connectivity index (χ3n) is 7.49. The average Bonchev–Trinajstić information content (AvgIpc) is 3.67. The van der Waals surface area contributed by atoms with E-state index in [9.17, 15) is 4.79 Å². The van der Waals surface area contributed by atoms with E-state index in [0.29, 0.717) is 18.7 Å². The van der Waals surface area contributed by atoms with E-state index in [1.807, 2.05) is 53.5 Å². The van der Waals surface area contributed by atoms with Crippen LogP contribution in [0.3, 0.4) is 0 Å². The van der Waals surface area contributed by atoms with Crippen molar-refractivity contribution in [3.05, 3.63) is 119 Å². The molecule has 1 aliphatic rings. The van der Waals surface area contributed by atoms with Crippen molar-refractivity contribution in [1.29, 1.82) is 5.26 Å². The number of carbonyl (C=O) groups excluding carboxylic acids is 1. The number of carbonyl (C=O) groups is 1. The number of aromatic nitrogens is 2. The van der Waals surface area contributed by atoms with Gasteiger partial charge in [0.05, 0.1) is 35.1 Å². The van der Waals surface area contributed by atoms with E-state index in [1.165, 1.54) is 5.56 Å². The topological polar surface area (TPSA) is 65.2 Å². The minimum Gasteiger partial charge on any atom is -0.365 e. The van der Waals surface area contributed by atoms with Crippen molar-refractivity contribution in [2.75, 3.05) is 36.0 Å². The summed E-state index contributed by atoms with van der Waals surface area (Å²) >= 11 is 3.51. The molecule has 0 atom stereocenters.